The summed E-state index contributed by atoms with van der Waals surface area (Å²) in [5.41, 5.74) is 0.318. The van der Waals surface area contributed by atoms with Gasteiger partial charge in [0.25, 0.3) is 0 Å². The molecule has 1 atom stereocenters. The van der Waals surface area contributed by atoms with Crippen molar-refractivity contribution in [3.63, 3.8) is 0 Å². The average Bonchev–Trinajstić information content (AvgIpc) is 2.45. The van der Waals surface area contributed by atoms with Crippen molar-refractivity contribution in [2.45, 2.75) is 32.9 Å². The normalized spacial score (nSPS) is 13.6. The molecule has 0 bridgehead atoms. The first-order valence-corrected chi connectivity index (χ1v) is 6.77. The molecule has 0 aromatic heterocycles. The smallest absolute Gasteiger partial charge is 0.335 e. The Morgan fingerprint density at radius 2 is 1.81 bits per heavy atom. The molecule has 0 saturated carbocycles. The number of carbonyl (C=O) groups is 2. The van der Waals surface area contributed by atoms with Crippen molar-refractivity contribution in [3.8, 4) is 0 Å². The van der Waals surface area contributed by atoms with E-state index < -0.39 is 11.5 Å². The highest BCUT2D eigenvalue weighted by Gasteiger charge is 2.29. The Balaban J connectivity index is 2.55. The zero-order chi connectivity index (χ0) is 16.0. The molecular weight excluding hydrogens is 272 g/mol. The van der Waals surface area contributed by atoms with Gasteiger partial charge in [-0.3, -0.25) is 0 Å². The van der Waals surface area contributed by atoms with E-state index in [-0.39, 0.29) is 30.7 Å². The molecule has 0 saturated heterocycles. The van der Waals surface area contributed by atoms with E-state index in [1.165, 1.54) is 12.1 Å². The van der Waals surface area contributed by atoms with Crippen molar-refractivity contribution >= 4 is 12.0 Å². The molecular formula is C15H22N2O4. The number of carboxylic acids is 1. The summed E-state index contributed by atoms with van der Waals surface area (Å²) in [5.74, 6) is -0.897. The number of aliphatic hydroxyl groups excluding tert-OH is 1. The van der Waals surface area contributed by atoms with Gasteiger partial charge >= 0.3 is 12.0 Å². The second-order valence-electron chi connectivity index (χ2n) is 5.54. The lowest BCUT2D eigenvalue weighted by Gasteiger charge is -2.32. The van der Waals surface area contributed by atoms with E-state index in [1.807, 2.05) is 13.8 Å². The van der Waals surface area contributed by atoms with Gasteiger partial charge in [0, 0.05) is 6.54 Å². The van der Waals surface area contributed by atoms with Crippen LogP contribution in [-0.4, -0.2) is 34.4 Å². The fraction of sp³-hybridized carbons (Fsp3) is 0.467. The van der Waals surface area contributed by atoms with Gasteiger partial charge in [0.05, 0.1) is 17.7 Å². The Morgan fingerprint density at radius 1 is 1.24 bits per heavy atom. The third-order valence-electron chi connectivity index (χ3n) is 3.66. The Morgan fingerprint density at radius 3 is 2.24 bits per heavy atom. The first kappa shape index (κ1) is 17.0. The van der Waals surface area contributed by atoms with Gasteiger partial charge in [0.1, 0.15) is 0 Å². The Bertz CT molecular complexity index is 499. The van der Waals surface area contributed by atoms with Gasteiger partial charge in [-0.2, -0.15) is 0 Å². The van der Waals surface area contributed by atoms with Crippen molar-refractivity contribution in [2.24, 2.45) is 5.92 Å². The van der Waals surface area contributed by atoms with Gasteiger partial charge < -0.3 is 20.8 Å². The summed E-state index contributed by atoms with van der Waals surface area (Å²) in [5, 5.41) is 23.6. The maximum absolute atomic E-state index is 11.8. The number of nitrogens with one attached hydrogen (secondary N) is 2. The highest BCUT2D eigenvalue weighted by atomic mass is 16.4. The number of benzene rings is 1. The van der Waals surface area contributed by atoms with Crippen LogP contribution in [0.25, 0.3) is 0 Å². The van der Waals surface area contributed by atoms with Crippen LogP contribution in [0.5, 0.6) is 0 Å². The molecule has 0 fully saturated rings. The predicted octanol–water partition coefficient (Wildman–Crippen LogP) is 1.59. The van der Waals surface area contributed by atoms with Gasteiger partial charge in [-0.05, 0) is 30.5 Å². The first-order valence-electron chi connectivity index (χ1n) is 6.77. The largest absolute Gasteiger partial charge is 0.478 e. The summed E-state index contributed by atoms with van der Waals surface area (Å²) >= 11 is 0. The van der Waals surface area contributed by atoms with Gasteiger partial charge in [-0.15, -0.1) is 0 Å². The van der Waals surface area contributed by atoms with E-state index in [1.54, 1.807) is 19.1 Å². The first-order chi connectivity index (χ1) is 9.78. The van der Waals surface area contributed by atoms with Crippen molar-refractivity contribution < 1.29 is 19.8 Å². The molecule has 1 unspecified atom stereocenters. The number of urea groups is 1. The Kier molecular flexibility index (Phi) is 5.72. The van der Waals surface area contributed by atoms with Crippen LogP contribution in [-0.2, 0) is 6.54 Å². The standard InChI is InChI=1S/C15H22N2O4/c1-10(2)15(3,9-18)17-14(21)16-8-11-4-6-12(7-5-11)13(19)20/h4-7,10,18H,8-9H2,1-3H3,(H,19,20)(H2,16,17,21). The summed E-state index contributed by atoms with van der Waals surface area (Å²) in [6.45, 7) is 5.75. The lowest BCUT2D eigenvalue weighted by Crippen LogP contribution is -2.55. The van der Waals surface area contributed by atoms with Crippen molar-refractivity contribution in [3.05, 3.63) is 35.4 Å². The van der Waals surface area contributed by atoms with Crippen molar-refractivity contribution in [1.29, 1.82) is 0 Å². The highest BCUT2D eigenvalue weighted by Crippen LogP contribution is 2.15. The molecule has 4 N–H and O–H groups in total. The monoisotopic (exact) mass is 294 g/mol. The Labute approximate surface area is 124 Å². The van der Waals surface area contributed by atoms with E-state index in [4.69, 9.17) is 5.11 Å². The quantitative estimate of drug-likeness (QED) is 0.640. The number of hydrogen-bond donors (Lipinski definition) is 4. The minimum atomic E-state index is -0.983. The minimum Gasteiger partial charge on any atom is -0.478 e. The third-order valence-corrected chi connectivity index (χ3v) is 3.66. The fourth-order valence-electron chi connectivity index (χ4n) is 1.62. The fourth-order valence-corrected chi connectivity index (χ4v) is 1.62. The maximum Gasteiger partial charge on any atom is 0.335 e. The molecule has 116 valence electrons. The number of hydrogen-bond acceptors (Lipinski definition) is 3. The number of rotatable bonds is 6. The summed E-state index contributed by atoms with van der Waals surface area (Å²) < 4.78 is 0. The van der Waals surface area contributed by atoms with Crippen molar-refractivity contribution in [2.75, 3.05) is 6.61 Å². The number of carbonyl (C=O) groups excluding carboxylic acids is 1. The molecule has 0 radical (unpaired) electrons. The molecule has 1 aromatic rings. The molecule has 0 aliphatic carbocycles. The second-order valence-corrected chi connectivity index (χ2v) is 5.54. The van der Waals surface area contributed by atoms with E-state index in [0.29, 0.717) is 0 Å². The minimum absolute atomic E-state index is 0.0862. The maximum atomic E-state index is 11.8. The summed E-state index contributed by atoms with van der Waals surface area (Å²) in [6, 6.07) is 5.91. The zero-order valence-electron chi connectivity index (χ0n) is 12.5. The number of aromatic carboxylic acids is 1. The van der Waals surface area contributed by atoms with Crippen LogP contribution < -0.4 is 10.6 Å². The van der Waals surface area contributed by atoms with E-state index >= 15 is 0 Å². The lowest BCUT2D eigenvalue weighted by atomic mass is 9.89. The predicted molar refractivity (Wildman–Crippen MR) is 79.1 cm³/mol. The number of carboxylic acid groups (broad SMARTS) is 1. The van der Waals surface area contributed by atoms with Gasteiger partial charge in [0.15, 0.2) is 0 Å². The molecule has 0 heterocycles. The van der Waals surface area contributed by atoms with Gasteiger partial charge in [-0.1, -0.05) is 26.0 Å². The molecule has 6 heteroatoms. The molecule has 6 nitrogen and oxygen atoms in total. The topological polar surface area (TPSA) is 98.7 Å². The zero-order valence-corrected chi connectivity index (χ0v) is 12.5. The van der Waals surface area contributed by atoms with Crippen LogP contribution in [0, 0.1) is 5.92 Å². The van der Waals surface area contributed by atoms with Crippen LogP contribution in [0.15, 0.2) is 24.3 Å². The van der Waals surface area contributed by atoms with Crippen molar-refractivity contribution in [1.82, 2.24) is 10.6 Å². The molecule has 1 rings (SSSR count). The van der Waals surface area contributed by atoms with Crippen LogP contribution in [0.3, 0.4) is 0 Å². The molecule has 2 amide bonds. The van der Waals surface area contributed by atoms with Gasteiger partial charge in [-0.25, -0.2) is 9.59 Å². The third kappa shape index (κ3) is 4.75. The van der Waals surface area contributed by atoms with Gasteiger partial charge in [0.2, 0.25) is 0 Å². The highest BCUT2D eigenvalue weighted by molar-refractivity contribution is 5.87. The SMILES string of the molecule is CC(C)C(C)(CO)NC(=O)NCc1ccc(C(=O)O)cc1. The van der Waals surface area contributed by atoms with Crippen LogP contribution in [0.4, 0.5) is 4.79 Å². The summed E-state index contributed by atoms with van der Waals surface area (Å²) in [4.78, 5) is 22.6. The average molecular weight is 294 g/mol. The van der Waals surface area contributed by atoms with Crippen LogP contribution in [0.2, 0.25) is 0 Å². The molecule has 0 aliphatic heterocycles. The van der Waals surface area contributed by atoms with E-state index in [9.17, 15) is 14.7 Å². The Hall–Kier alpha value is -2.08. The summed E-state index contributed by atoms with van der Waals surface area (Å²) in [6.07, 6.45) is 0. The number of amides is 2. The lowest BCUT2D eigenvalue weighted by molar-refractivity contribution is 0.0697. The molecule has 0 spiro atoms. The molecule has 1 aromatic carbocycles. The second kappa shape index (κ2) is 7.08. The molecule has 21 heavy (non-hydrogen) atoms. The number of aliphatic hydroxyl groups is 1. The molecule has 0 aliphatic rings. The van der Waals surface area contributed by atoms with E-state index in [2.05, 4.69) is 10.6 Å². The van der Waals surface area contributed by atoms with Crippen LogP contribution >= 0.6 is 0 Å². The van der Waals surface area contributed by atoms with E-state index in [0.717, 1.165) is 5.56 Å². The van der Waals surface area contributed by atoms with Crippen LogP contribution in [0.1, 0.15) is 36.7 Å². The summed E-state index contributed by atoms with van der Waals surface area (Å²) in [7, 11) is 0.